The number of aryl methyl sites for hydroxylation is 1. The van der Waals surface area contributed by atoms with Crippen molar-refractivity contribution in [2.75, 3.05) is 19.8 Å². The molecule has 0 heterocycles. The Hall–Kier alpha value is -0.393. The van der Waals surface area contributed by atoms with Gasteiger partial charge in [-0.1, -0.05) is 64.3 Å². The summed E-state index contributed by atoms with van der Waals surface area (Å²) < 4.78 is 19.0. The van der Waals surface area contributed by atoms with Crippen LogP contribution < -0.4 is 0 Å². The third-order valence-electron chi connectivity index (χ3n) is 4.62. The van der Waals surface area contributed by atoms with E-state index in [0.29, 0.717) is 0 Å². The minimum absolute atomic E-state index is 0.0413. The van der Waals surface area contributed by atoms with Gasteiger partial charge in [0.2, 0.25) is 0 Å². The minimum Gasteiger partial charge on any atom is -0.373 e. The van der Waals surface area contributed by atoms with E-state index in [9.17, 15) is 0 Å². The fraction of sp³-hybridized carbons (Fsp3) is 0.727. The zero-order valence-corrected chi connectivity index (χ0v) is 19.5. The van der Waals surface area contributed by atoms with Crippen LogP contribution in [0.2, 0.25) is 6.04 Å². The van der Waals surface area contributed by atoms with E-state index in [1.54, 1.807) is 0 Å². The van der Waals surface area contributed by atoms with Crippen LogP contribution in [0.1, 0.15) is 82.7 Å². The van der Waals surface area contributed by atoms with Crippen molar-refractivity contribution in [2.45, 2.75) is 84.1 Å². The average molecular weight is 415 g/mol. The summed E-state index contributed by atoms with van der Waals surface area (Å²) in [6.07, 6.45) is 7.40. The predicted octanol–water partition coefficient (Wildman–Crippen LogP) is 6.92. The van der Waals surface area contributed by atoms with Gasteiger partial charge in [-0.05, 0) is 43.7 Å². The number of unbranched alkanes of at least 4 members (excludes halogenated alkanes) is 3. The predicted molar refractivity (Wildman–Crippen MR) is 118 cm³/mol. The second-order valence-corrected chi connectivity index (χ2v) is 10.5. The molecule has 156 valence electrons. The van der Waals surface area contributed by atoms with Crippen LogP contribution in [0, 0.1) is 0 Å². The second kappa shape index (κ2) is 14.6. The van der Waals surface area contributed by atoms with Gasteiger partial charge in [0.15, 0.2) is 0 Å². The van der Waals surface area contributed by atoms with Gasteiger partial charge in [0.05, 0.1) is 5.38 Å². The molecule has 1 unspecified atom stereocenters. The van der Waals surface area contributed by atoms with Gasteiger partial charge in [-0.2, -0.15) is 0 Å². The molecule has 1 atom stereocenters. The molecule has 0 bridgehead atoms. The molecule has 0 spiro atoms. The molecular weight excluding hydrogens is 376 g/mol. The Bertz CT molecular complexity index is 452. The van der Waals surface area contributed by atoms with E-state index >= 15 is 0 Å². The molecule has 0 aliphatic carbocycles. The average Bonchev–Trinajstić information content (AvgIpc) is 2.67. The number of hydrogen-bond acceptors (Lipinski definition) is 3. The van der Waals surface area contributed by atoms with Crippen LogP contribution in [-0.4, -0.2) is 28.6 Å². The van der Waals surface area contributed by atoms with E-state index in [-0.39, 0.29) is 5.38 Å². The molecule has 0 aromatic heterocycles. The van der Waals surface area contributed by atoms with Gasteiger partial charge in [-0.15, -0.1) is 11.6 Å². The Kier molecular flexibility index (Phi) is 13.3. The molecule has 0 saturated heterocycles. The lowest BCUT2D eigenvalue weighted by molar-refractivity contribution is 0.0564. The molecule has 1 aromatic rings. The van der Waals surface area contributed by atoms with Crippen LogP contribution >= 0.6 is 11.6 Å². The Morgan fingerprint density at radius 2 is 1.26 bits per heavy atom. The van der Waals surface area contributed by atoms with Gasteiger partial charge >= 0.3 is 8.80 Å². The Labute approximate surface area is 173 Å². The smallest absolute Gasteiger partial charge is 0.373 e. The number of hydrogen-bond donors (Lipinski definition) is 0. The maximum absolute atomic E-state index is 6.32. The molecule has 0 aliphatic heterocycles. The molecule has 0 aliphatic rings. The first-order valence-electron chi connectivity index (χ1n) is 10.7. The maximum Gasteiger partial charge on any atom is 0.501 e. The van der Waals surface area contributed by atoms with Crippen molar-refractivity contribution in [1.82, 2.24) is 0 Å². The molecule has 0 radical (unpaired) electrons. The summed E-state index contributed by atoms with van der Waals surface area (Å²) in [4.78, 5) is 0. The number of alkyl halides is 1. The normalized spacial score (nSPS) is 13.1. The van der Waals surface area contributed by atoms with E-state index in [4.69, 9.17) is 24.9 Å². The number of benzene rings is 1. The van der Waals surface area contributed by atoms with Crippen LogP contribution in [0.5, 0.6) is 0 Å². The topological polar surface area (TPSA) is 27.7 Å². The van der Waals surface area contributed by atoms with Crippen molar-refractivity contribution in [2.24, 2.45) is 0 Å². The molecule has 5 heteroatoms. The van der Waals surface area contributed by atoms with Crippen molar-refractivity contribution in [3.63, 3.8) is 0 Å². The monoisotopic (exact) mass is 414 g/mol. The molecule has 0 fully saturated rings. The summed E-state index contributed by atoms with van der Waals surface area (Å²) >= 11 is 6.16. The van der Waals surface area contributed by atoms with Crippen molar-refractivity contribution < 1.29 is 13.3 Å². The van der Waals surface area contributed by atoms with Gasteiger partial charge in [0, 0.05) is 25.9 Å². The van der Waals surface area contributed by atoms with E-state index < -0.39 is 8.80 Å². The molecule has 3 nitrogen and oxygen atoms in total. The molecule has 1 aromatic carbocycles. The Morgan fingerprint density at radius 3 is 1.63 bits per heavy atom. The van der Waals surface area contributed by atoms with Crippen molar-refractivity contribution in [3.8, 4) is 0 Å². The Morgan fingerprint density at radius 1 is 0.815 bits per heavy atom. The third-order valence-corrected chi connectivity index (χ3v) is 7.66. The summed E-state index contributed by atoms with van der Waals surface area (Å²) in [5, 5.41) is 0.0413. The highest BCUT2D eigenvalue weighted by Crippen LogP contribution is 2.23. The fourth-order valence-electron chi connectivity index (χ4n) is 2.70. The van der Waals surface area contributed by atoms with E-state index in [1.807, 2.05) is 6.92 Å². The van der Waals surface area contributed by atoms with Crippen LogP contribution in [-0.2, 0) is 19.7 Å². The fourth-order valence-corrected chi connectivity index (χ4v) is 5.49. The Balaban J connectivity index is 2.79. The summed E-state index contributed by atoms with van der Waals surface area (Å²) in [5.41, 5.74) is 2.44. The summed E-state index contributed by atoms with van der Waals surface area (Å²) in [7, 11) is -2.65. The zero-order chi connectivity index (χ0) is 20.0. The summed E-state index contributed by atoms with van der Waals surface area (Å²) in [6.45, 7) is 10.7. The molecule has 0 N–H and O–H groups in total. The lowest BCUT2D eigenvalue weighted by Crippen LogP contribution is -2.47. The van der Waals surface area contributed by atoms with Gasteiger partial charge in [0.1, 0.15) is 0 Å². The first-order valence-corrected chi connectivity index (χ1v) is 13.1. The van der Waals surface area contributed by atoms with E-state index in [1.165, 1.54) is 5.56 Å². The molecular formula is C22H39ClO3Si. The number of rotatable bonds is 16. The molecule has 0 saturated carbocycles. The van der Waals surface area contributed by atoms with Crippen LogP contribution in [0.3, 0.4) is 0 Å². The molecule has 0 amide bonds. The lowest BCUT2D eigenvalue weighted by atomic mass is 10.1. The second-order valence-electron chi connectivity index (χ2n) is 7.15. The van der Waals surface area contributed by atoms with Crippen molar-refractivity contribution >= 4 is 20.4 Å². The van der Waals surface area contributed by atoms with Crippen LogP contribution in [0.25, 0.3) is 0 Å². The highest BCUT2D eigenvalue weighted by atomic mass is 35.5. The van der Waals surface area contributed by atoms with Gasteiger partial charge < -0.3 is 13.3 Å². The first kappa shape index (κ1) is 24.6. The van der Waals surface area contributed by atoms with Gasteiger partial charge in [-0.3, -0.25) is 0 Å². The zero-order valence-electron chi connectivity index (χ0n) is 17.8. The van der Waals surface area contributed by atoms with Crippen LogP contribution in [0.15, 0.2) is 24.3 Å². The lowest BCUT2D eigenvalue weighted by Gasteiger charge is -2.30. The maximum atomic E-state index is 6.32. The third kappa shape index (κ3) is 10.1. The van der Waals surface area contributed by atoms with Crippen molar-refractivity contribution in [3.05, 3.63) is 35.4 Å². The molecule has 1 rings (SSSR count). The highest BCUT2D eigenvalue weighted by molar-refractivity contribution is 6.60. The largest absolute Gasteiger partial charge is 0.501 e. The van der Waals surface area contributed by atoms with Crippen molar-refractivity contribution in [1.29, 1.82) is 0 Å². The summed E-state index contributed by atoms with van der Waals surface area (Å²) in [6, 6.07) is 9.39. The van der Waals surface area contributed by atoms with Crippen LogP contribution in [0.4, 0.5) is 0 Å². The minimum atomic E-state index is -2.65. The van der Waals surface area contributed by atoms with E-state index in [2.05, 4.69) is 45.0 Å². The standard InChI is InChI=1S/C22H39ClO3Si/c1-5-8-16-24-27(25-17-9-6-2,26-18-10-7-3)19-15-21-11-13-22(14-12-21)20(4)23/h11-14,20H,5-10,15-19H2,1-4H3. The SMILES string of the molecule is CCCCO[Si](CCc1ccc(C(C)Cl)cc1)(OCCCC)OCCCC. The first-order chi connectivity index (χ1) is 13.1. The summed E-state index contributed by atoms with van der Waals surface area (Å²) in [5.74, 6) is 0. The highest BCUT2D eigenvalue weighted by Gasteiger charge is 2.40. The van der Waals surface area contributed by atoms with Gasteiger partial charge in [0.25, 0.3) is 0 Å². The number of halogens is 1. The molecule has 27 heavy (non-hydrogen) atoms. The van der Waals surface area contributed by atoms with E-state index in [0.717, 1.165) is 76.4 Å². The quantitative estimate of drug-likeness (QED) is 0.167. The van der Waals surface area contributed by atoms with Gasteiger partial charge in [-0.25, -0.2) is 0 Å².